The molecule has 0 unspecified atom stereocenters. The number of nitrogens with one attached hydrogen (secondary N) is 2. The summed E-state index contributed by atoms with van der Waals surface area (Å²) in [5.74, 6) is 0.746. The summed E-state index contributed by atoms with van der Waals surface area (Å²) in [4.78, 5) is 21.2. The van der Waals surface area contributed by atoms with E-state index < -0.39 is 0 Å². The monoisotopic (exact) mass is 496 g/mol. The molecule has 0 radical (unpaired) electrons. The molecule has 1 heterocycles. The van der Waals surface area contributed by atoms with E-state index in [0.717, 1.165) is 57.6 Å². The van der Waals surface area contributed by atoms with Crippen LogP contribution in [0.5, 0.6) is 0 Å². The summed E-state index contributed by atoms with van der Waals surface area (Å²) in [5, 5.41) is 7.81. The molecule has 0 atom stereocenters. The number of thiazole rings is 1. The Labute approximate surface area is 178 Å². The second-order valence-electron chi connectivity index (χ2n) is 5.72. The number of hydrogen-bond donors (Lipinski definition) is 2. The molecule has 0 aliphatic rings. The standard InChI is InChI=1S/C18H32N4O2S.HI/c1-4-15-14-22-16(25-15)11-13-21-18(19-3)20-12-9-7-6-8-10-17(23)24-5-2;/h14H,4-13H2,1-3H3,(H2,19,20,21);1H. The predicted octanol–water partition coefficient (Wildman–Crippen LogP) is 3.54. The topological polar surface area (TPSA) is 75.6 Å². The zero-order valence-corrected chi connectivity index (χ0v) is 19.3. The van der Waals surface area contributed by atoms with Gasteiger partial charge in [-0.3, -0.25) is 9.79 Å². The number of aliphatic imine (C=N–C) groups is 1. The summed E-state index contributed by atoms with van der Waals surface area (Å²) in [6, 6.07) is 0. The molecular formula is C18H33IN4O2S. The van der Waals surface area contributed by atoms with E-state index in [2.05, 4.69) is 27.5 Å². The van der Waals surface area contributed by atoms with Crippen molar-refractivity contribution in [2.75, 3.05) is 26.7 Å². The van der Waals surface area contributed by atoms with E-state index >= 15 is 0 Å². The summed E-state index contributed by atoms with van der Waals surface area (Å²) < 4.78 is 4.91. The number of esters is 1. The highest BCUT2D eigenvalue weighted by Gasteiger charge is 2.03. The van der Waals surface area contributed by atoms with Crippen LogP contribution in [-0.4, -0.2) is 43.7 Å². The molecule has 0 aliphatic carbocycles. The average molecular weight is 496 g/mol. The van der Waals surface area contributed by atoms with Gasteiger partial charge in [0.25, 0.3) is 0 Å². The summed E-state index contributed by atoms with van der Waals surface area (Å²) >= 11 is 1.78. The molecular weight excluding hydrogens is 463 g/mol. The van der Waals surface area contributed by atoms with Crippen molar-refractivity contribution < 1.29 is 9.53 Å². The highest BCUT2D eigenvalue weighted by Crippen LogP contribution is 2.13. The maximum atomic E-state index is 11.2. The number of guanidine groups is 1. The van der Waals surface area contributed by atoms with Crippen LogP contribution in [0.4, 0.5) is 0 Å². The van der Waals surface area contributed by atoms with E-state index in [0.29, 0.717) is 13.0 Å². The third kappa shape index (κ3) is 11.7. The van der Waals surface area contributed by atoms with Crippen LogP contribution in [0.1, 0.15) is 55.8 Å². The molecule has 150 valence electrons. The van der Waals surface area contributed by atoms with Crippen molar-refractivity contribution in [3.05, 3.63) is 16.1 Å². The van der Waals surface area contributed by atoms with E-state index in [4.69, 9.17) is 4.74 Å². The minimum Gasteiger partial charge on any atom is -0.466 e. The fourth-order valence-corrected chi connectivity index (χ4v) is 3.19. The average Bonchev–Trinajstić information content (AvgIpc) is 3.07. The van der Waals surface area contributed by atoms with Gasteiger partial charge in [0.05, 0.1) is 11.6 Å². The van der Waals surface area contributed by atoms with Gasteiger partial charge < -0.3 is 15.4 Å². The second-order valence-corrected chi connectivity index (χ2v) is 6.92. The van der Waals surface area contributed by atoms with Crippen LogP contribution < -0.4 is 10.6 Å². The van der Waals surface area contributed by atoms with Crippen molar-refractivity contribution in [1.82, 2.24) is 15.6 Å². The fourth-order valence-electron chi connectivity index (χ4n) is 2.32. The molecule has 0 saturated heterocycles. The molecule has 1 rings (SSSR count). The lowest BCUT2D eigenvalue weighted by atomic mass is 10.1. The predicted molar refractivity (Wildman–Crippen MR) is 120 cm³/mol. The number of halogens is 1. The van der Waals surface area contributed by atoms with Crippen molar-refractivity contribution in [3.8, 4) is 0 Å². The van der Waals surface area contributed by atoms with Crippen LogP contribution in [0.2, 0.25) is 0 Å². The summed E-state index contributed by atoms with van der Waals surface area (Å²) in [5.41, 5.74) is 0. The van der Waals surface area contributed by atoms with Crippen LogP contribution in [0, 0.1) is 0 Å². The highest BCUT2D eigenvalue weighted by molar-refractivity contribution is 14.0. The lowest BCUT2D eigenvalue weighted by molar-refractivity contribution is -0.143. The minimum absolute atomic E-state index is 0. The fraction of sp³-hybridized carbons (Fsp3) is 0.722. The number of nitrogens with zero attached hydrogens (tertiary/aromatic N) is 2. The van der Waals surface area contributed by atoms with Gasteiger partial charge >= 0.3 is 5.97 Å². The Balaban J connectivity index is 0.00000625. The summed E-state index contributed by atoms with van der Waals surface area (Å²) in [6.07, 6.45) is 8.58. The number of rotatable bonds is 12. The van der Waals surface area contributed by atoms with E-state index in [1.54, 1.807) is 18.4 Å². The molecule has 0 spiro atoms. The number of unbranched alkanes of at least 4 members (excludes halogenated alkanes) is 3. The molecule has 0 aromatic carbocycles. The van der Waals surface area contributed by atoms with Gasteiger partial charge in [0, 0.05) is 44.1 Å². The first-order valence-corrected chi connectivity index (χ1v) is 10.0. The Kier molecular flexibility index (Phi) is 15.7. The van der Waals surface area contributed by atoms with Gasteiger partial charge in [-0.2, -0.15) is 0 Å². The van der Waals surface area contributed by atoms with Crippen molar-refractivity contribution in [3.63, 3.8) is 0 Å². The number of hydrogen-bond acceptors (Lipinski definition) is 5. The van der Waals surface area contributed by atoms with Crippen molar-refractivity contribution in [1.29, 1.82) is 0 Å². The molecule has 1 aromatic heterocycles. The maximum absolute atomic E-state index is 11.2. The van der Waals surface area contributed by atoms with Crippen molar-refractivity contribution >= 4 is 47.2 Å². The largest absolute Gasteiger partial charge is 0.466 e. The molecule has 0 saturated carbocycles. The lowest BCUT2D eigenvalue weighted by Crippen LogP contribution is -2.38. The molecule has 2 N–H and O–H groups in total. The highest BCUT2D eigenvalue weighted by atomic mass is 127. The Hall–Kier alpha value is -0.900. The van der Waals surface area contributed by atoms with Gasteiger partial charge in [-0.25, -0.2) is 4.98 Å². The van der Waals surface area contributed by atoms with Crippen LogP contribution >= 0.6 is 35.3 Å². The van der Waals surface area contributed by atoms with Gasteiger partial charge in [0.15, 0.2) is 5.96 Å². The number of aromatic nitrogens is 1. The van der Waals surface area contributed by atoms with E-state index in [9.17, 15) is 4.79 Å². The molecule has 26 heavy (non-hydrogen) atoms. The van der Waals surface area contributed by atoms with Gasteiger partial charge in [0.1, 0.15) is 0 Å². The van der Waals surface area contributed by atoms with Gasteiger partial charge in [-0.15, -0.1) is 35.3 Å². The first-order valence-electron chi connectivity index (χ1n) is 9.23. The van der Waals surface area contributed by atoms with Crippen molar-refractivity contribution in [2.45, 2.75) is 58.8 Å². The quantitative estimate of drug-likeness (QED) is 0.152. The Morgan fingerprint density at radius 3 is 2.58 bits per heavy atom. The molecule has 0 aliphatic heterocycles. The third-order valence-corrected chi connectivity index (χ3v) is 4.91. The van der Waals surface area contributed by atoms with Gasteiger partial charge in [-0.1, -0.05) is 19.8 Å². The summed E-state index contributed by atoms with van der Waals surface area (Å²) in [6.45, 7) is 6.17. The molecule has 8 heteroatoms. The molecule has 1 aromatic rings. The first kappa shape index (κ1) is 25.1. The van der Waals surface area contributed by atoms with E-state index in [-0.39, 0.29) is 29.9 Å². The first-order chi connectivity index (χ1) is 12.2. The van der Waals surface area contributed by atoms with Crippen molar-refractivity contribution in [2.24, 2.45) is 4.99 Å². The normalized spacial score (nSPS) is 11.0. The number of aryl methyl sites for hydroxylation is 1. The van der Waals surface area contributed by atoms with Crippen LogP contribution in [-0.2, 0) is 22.4 Å². The van der Waals surface area contributed by atoms with Gasteiger partial charge in [0.2, 0.25) is 0 Å². The van der Waals surface area contributed by atoms with E-state index in [1.165, 1.54) is 9.88 Å². The van der Waals surface area contributed by atoms with Crippen LogP contribution in [0.25, 0.3) is 0 Å². The maximum Gasteiger partial charge on any atom is 0.305 e. The minimum atomic E-state index is -0.0866. The summed E-state index contributed by atoms with van der Waals surface area (Å²) in [7, 11) is 1.78. The molecule has 6 nitrogen and oxygen atoms in total. The van der Waals surface area contributed by atoms with E-state index in [1.807, 2.05) is 13.1 Å². The smallest absolute Gasteiger partial charge is 0.305 e. The lowest BCUT2D eigenvalue weighted by Gasteiger charge is -2.11. The molecule has 0 bridgehead atoms. The Morgan fingerprint density at radius 2 is 1.92 bits per heavy atom. The number of carbonyl (C=O) groups excluding carboxylic acids is 1. The van der Waals surface area contributed by atoms with Crippen LogP contribution in [0.15, 0.2) is 11.2 Å². The SMILES string of the molecule is CCOC(=O)CCCCCCNC(=NC)NCCc1ncc(CC)s1.I. The van der Waals surface area contributed by atoms with Gasteiger partial charge in [-0.05, 0) is 26.2 Å². The van der Waals surface area contributed by atoms with Crippen LogP contribution in [0.3, 0.4) is 0 Å². The Morgan fingerprint density at radius 1 is 1.19 bits per heavy atom. The zero-order chi connectivity index (χ0) is 18.3. The number of ether oxygens (including phenoxy) is 1. The molecule has 0 fully saturated rings. The molecule has 0 amide bonds. The third-order valence-electron chi connectivity index (χ3n) is 3.71. The Bertz CT molecular complexity index is 523. The second kappa shape index (κ2) is 16.3. The number of carbonyl (C=O) groups is 1. The zero-order valence-electron chi connectivity index (χ0n) is 16.2.